The molecule has 78 valence electrons. The van der Waals surface area contributed by atoms with Gasteiger partial charge in [0.2, 0.25) is 11.8 Å². The van der Waals surface area contributed by atoms with Gasteiger partial charge in [-0.2, -0.15) is 0 Å². The first-order valence-corrected chi connectivity index (χ1v) is 5.31. The van der Waals surface area contributed by atoms with Crippen LogP contribution in [0.4, 0.5) is 0 Å². The summed E-state index contributed by atoms with van der Waals surface area (Å²) >= 11 is 0. The van der Waals surface area contributed by atoms with Gasteiger partial charge in [-0.1, -0.05) is 13.8 Å². The molecule has 1 aliphatic carbocycles. The van der Waals surface area contributed by atoms with Gasteiger partial charge in [0.05, 0.1) is 11.8 Å². The Labute approximate surface area is 84.5 Å². The van der Waals surface area contributed by atoms with Crippen molar-refractivity contribution >= 4 is 11.8 Å². The number of amides is 2. The third-order valence-electron chi connectivity index (χ3n) is 3.51. The van der Waals surface area contributed by atoms with E-state index in [1.165, 1.54) is 4.90 Å². The predicted molar refractivity (Wildman–Crippen MR) is 52.4 cm³/mol. The van der Waals surface area contributed by atoms with Gasteiger partial charge in [0, 0.05) is 6.54 Å². The van der Waals surface area contributed by atoms with Crippen molar-refractivity contribution in [2.75, 3.05) is 6.54 Å². The quantitative estimate of drug-likeness (QED) is 0.593. The Balaban J connectivity index is 2.25. The van der Waals surface area contributed by atoms with Crippen molar-refractivity contribution in [1.29, 1.82) is 0 Å². The molecule has 0 aromatic heterocycles. The van der Waals surface area contributed by atoms with Gasteiger partial charge in [0.1, 0.15) is 0 Å². The van der Waals surface area contributed by atoms with Crippen LogP contribution in [0.5, 0.6) is 0 Å². The maximum atomic E-state index is 11.8. The van der Waals surface area contributed by atoms with Crippen molar-refractivity contribution in [2.45, 2.75) is 33.6 Å². The summed E-state index contributed by atoms with van der Waals surface area (Å²) in [5.41, 5.74) is 0.167. The molecule has 14 heavy (non-hydrogen) atoms. The maximum Gasteiger partial charge on any atom is 0.233 e. The third-order valence-corrected chi connectivity index (χ3v) is 3.51. The number of likely N-dealkylation sites (tertiary alicyclic amines) is 1. The lowest BCUT2D eigenvalue weighted by Crippen LogP contribution is -2.32. The van der Waals surface area contributed by atoms with E-state index in [2.05, 4.69) is 13.8 Å². The molecule has 0 aromatic rings. The Hall–Kier alpha value is -0.860. The topological polar surface area (TPSA) is 37.4 Å². The van der Waals surface area contributed by atoms with Gasteiger partial charge in [-0.25, -0.2) is 0 Å². The van der Waals surface area contributed by atoms with E-state index in [0.29, 0.717) is 6.54 Å². The third kappa shape index (κ3) is 1.18. The second-order valence-electron chi connectivity index (χ2n) is 5.21. The molecule has 2 amide bonds. The van der Waals surface area contributed by atoms with Crippen LogP contribution in [-0.2, 0) is 9.59 Å². The lowest BCUT2D eigenvalue weighted by molar-refractivity contribution is -0.140. The smallest absolute Gasteiger partial charge is 0.233 e. The Morgan fingerprint density at radius 2 is 1.64 bits per heavy atom. The minimum Gasteiger partial charge on any atom is -0.282 e. The average molecular weight is 195 g/mol. The van der Waals surface area contributed by atoms with E-state index in [4.69, 9.17) is 0 Å². The summed E-state index contributed by atoms with van der Waals surface area (Å²) in [6, 6.07) is 0. The lowest BCUT2D eigenvalue weighted by Gasteiger charge is -2.20. The largest absolute Gasteiger partial charge is 0.282 e. The molecule has 0 spiro atoms. The SMILES string of the molecule is CCN1C(=O)C2CC(C)(C)CC2C1=O. The highest BCUT2D eigenvalue weighted by molar-refractivity contribution is 6.05. The number of hydrogen-bond donors (Lipinski definition) is 0. The van der Waals surface area contributed by atoms with E-state index in [1.807, 2.05) is 6.92 Å². The van der Waals surface area contributed by atoms with Crippen LogP contribution in [0, 0.1) is 17.3 Å². The minimum absolute atomic E-state index is 0.0163. The van der Waals surface area contributed by atoms with Crippen LogP contribution in [0.2, 0.25) is 0 Å². The molecule has 2 fully saturated rings. The van der Waals surface area contributed by atoms with Crippen molar-refractivity contribution < 1.29 is 9.59 Å². The second kappa shape index (κ2) is 2.81. The molecule has 0 bridgehead atoms. The molecule has 2 rings (SSSR count). The summed E-state index contributed by atoms with van der Waals surface area (Å²) in [5, 5.41) is 0. The zero-order valence-electron chi connectivity index (χ0n) is 9.04. The number of fused-ring (bicyclic) bond motifs is 1. The van der Waals surface area contributed by atoms with Crippen molar-refractivity contribution in [3.8, 4) is 0 Å². The first-order valence-electron chi connectivity index (χ1n) is 5.31. The van der Waals surface area contributed by atoms with Gasteiger partial charge in [-0.3, -0.25) is 14.5 Å². The normalized spacial score (nSPS) is 35.2. The summed E-state index contributed by atoms with van der Waals surface area (Å²) in [4.78, 5) is 25.1. The Kier molecular flexibility index (Phi) is 1.95. The molecule has 1 saturated heterocycles. The summed E-state index contributed by atoms with van der Waals surface area (Å²) < 4.78 is 0. The van der Waals surface area contributed by atoms with Crippen molar-refractivity contribution in [3.05, 3.63) is 0 Å². The standard InChI is InChI=1S/C11H17NO2/c1-4-12-9(13)7-5-11(2,3)6-8(7)10(12)14/h7-8H,4-6H2,1-3H3. The van der Waals surface area contributed by atoms with Gasteiger partial charge in [-0.15, -0.1) is 0 Å². The predicted octanol–water partition coefficient (Wildman–Crippen LogP) is 1.43. The van der Waals surface area contributed by atoms with Gasteiger partial charge >= 0.3 is 0 Å². The molecule has 1 heterocycles. The number of rotatable bonds is 1. The molecule has 0 radical (unpaired) electrons. The summed E-state index contributed by atoms with van der Waals surface area (Å²) in [7, 11) is 0. The van der Waals surface area contributed by atoms with Gasteiger partial charge in [0.15, 0.2) is 0 Å². The summed E-state index contributed by atoms with van der Waals surface area (Å²) in [5.74, 6) is 0.0936. The number of carbonyl (C=O) groups is 2. The van der Waals surface area contributed by atoms with Gasteiger partial charge in [-0.05, 0) is 25.2 Å². The van der Waals surface area contributed by atoms with Crippen molar-refractivity contribution in [3.63, 3.8) is 0 Å². The van der Waals surface area contributed by atoms with Crippen LogP contribution in [-0.4, -0.2) is 23.3 Å². The molecule has 0 N–H and O–H groups in total. The highest BCUT2D eigenvalue weighted by Gasteiger charge is 2.54. The van der Waals surface area contributed by atoms with Crippen LogP contribution in [0.1, 0.15) is 33.6 Å². The molecule has 2 aliphatic rings. The van der Waals surface area contributed by atoms with E-state index in [-0.39, 0.29) is 29.1 Å². The highest BCUT2D eigenvalue weighted by Crippen LogP contribution is 2.49. The second-order valence-corrected chi connectivity index (χ2v) is 5.21. The molecule has 3 nitrogen and oxygen atoms in total. The summed E-state index contributed by atoms with van der Waals surface area (Å²) in [6.45, 7) is 6.68. The fraction of sp³-hybridized carbons (Fsp3) is 0.818. The number of hydrogen-bond acceptors (Lipinski definition) is 2. The molecule has 1 aliphatic heterocycles. The number of nitrogens with zero attached hydrogens (tertiary/aromatic N) is 1. The Bertz CT molecular complexity index is 270. The van der Waals surface area contributed by atoms with Crippen LogP contribution >= 0.6 is 0 Å². The minimum atomic E-state index is -0.0163. The number of imide groups is 1. The van der Waals surface area contributed by atoms with Crippen LogP contribution in [0.15, 0.2) is 0 Å². The Morgan fingerprint density at radius 3 is 2.00 bits per heavy atom. The lowest BCUT2D eigenvalue weighted by atomic mass is 9.90. The molecule has 2 atom stereocenters. The molecular formula is C11H17NO2. The van der Waals surface area contributed by atoms with E-state index in [9.17, 15) is 9.59 Å². The van der Waals surface area contributed by atoms with E-state index >= 15 is 0 Å². The molecular weight excluding hydrogens is 178 g/mol. The molecule has 1 saturated carbocycles. The maximum absolute atomic E-state index is 11.8. The molecule has 3 heteroatoms. The Morgan fingerprint density at radius 1 is 1.21 bits per heavy atom. The summed E-state index contributed by atoms with van der Waals surface area (Å²) in [6.07, 6.45) is 1.75. The van der Waals surface area contributed by atoms with E-state index in [1.54, 1.807) is 0 Å². The van der Waals surface area contributed by atoms with Gasteiger partial charge < -0.3 is 0 Å². The van der Waals surface area contributed by atoms with E-state index < -0.39 is 0 Å². The van der Waals surface area contributed by atoms with Crippen molar-refractivity contribution in [1.82, 2.24) is 4.90 Å². The zero-order valence-corrected chi connectivity index (χ0v) is 9.04. The van der Waals surface area contributed by atoms with Crippen LogP contribution < -0.4 is 0 Å². The van der Waals surface area contributed by atoms with Crippen LogP contribution in [0.3, 0.4) is 0 Å². The first-order chi connectivity index (χ1) is 6.46. The monoisotopic (exact) mass is 195 g/mol. The number of carbonyl (C=O) groups excluding carboxylic acids is 2. The molecule has 2 unspecified atom stereocenters. The fourth-order valence-electron chi connectivity index (χ4n) is 2.90. The zero-order chi connectivity index (χ0) is 10.5. The fourth-order valence-corrected chi connectivity index (χ4v) is 2.90. The van der Waals surface area contributed by atoms with Crippen molar-refractivity contribution in [2.24, 2.45) is 17.3 Å². The van der Waals surface area contributed by atoms with Gasteiger partial charge in [0.25, 0.3) is 0 Å². The van der Waals surface area contributed by atoms with E-state index in [0.717, 1.165) is 12.8 Å². The average Bonchev–Trinajstić information content (AvgIpc) is 2.50. The first kappa shape index (κ1) is 9.69. The molecule has 0 aromatic carbocycles. The highest BCUT2D eigenvalue weighted by atomic mass is 16.2. The van der Waals surface area contributed by atoms with Crippen LogP contribution in [0.25, 0.3) is 0 Å².